The number of rotatable bonds is 4. The minimum Gasteiger partial charge on any atom is -0.504 e. The Balaban J connectivity index is 2.11. The number of phenols is 1. The summed E-state index contributed by atoms with van der Waals surface area (Å²) in [6, 6.07) is 3.80. The first kappa shape index (κ1) is 16.8. The zero-order valence-corrected chi connectivity index (χ0v) is 15.4. The van der Waals surface area contributed by atoms with Crippen LogP contribution >= 0.6 is 0 Å². The highest BCUT2D eigenvalue weighted by Crippen LogP contribution is 2.56. The molecule has 1 aliphatic carbocycles. The van der Waals surface area contributed by atoms with Gasteiger partial charge in [0, 0.05) is 17.2 Å². The fraction of sp³-hybridized carbons (Fsp3) is 0.400. The average molecular weight is 357 g/mol. The zero-order valence-electron chi connectivity index (χ0n) is 15.4. The molecule has 26 heavy (non-hydrogen) atoms. The highest BCUT2D eigenvalue weighted by Gasteiger charge is 2.37. The van der Waals surface area contributed by atoms with Gasteiger partial charge in [-0.1, -0.05) is 0 Å². The molecule has 138 valence electrons. The van der Waals surface area contributed by atoms with Crippen LogP contribution in [-0.4, -0.2) is 40.1 Å². The second-order valence-corrected chi connectivity index (χ2v) is 6.51. The van der Waals surface area contributed by atoms with Crippen molar-refractivity contribution in [3.8, 4) is 39.9 Å². The monoisotopic (exact) mass is 357 g/mol. The molecule has 2 aromatic carbocycles. The van der Waals surface area contributed by atoms with Crippen LogP contribution in [0.4, 0.5) is 0 Å². The number of ether oxygens (including phenoxy) is 4. The molecule has 0 fully saturated rings. The molecule has 2 aromatic rings. The Morgan fingerprint density at radius 3 is 2.35 bits per heavy atom. The van der Waals surface area contributed by atoms with E-state index in [4.69, 9.17) is 18.9 Å². The highest BCUT2D eigenvalue weighted by atomic mass is 16.5. The Morgan fingerprint density at radius 2 is 1.69 bits per heavy atom. The molecule has 0 radical (unpaired) electrons. The molecular formula is C20H23NO5. The van der Waals surface area contributed by atoms with E-state index >= 15 is 0 Å². The molecule has 0 spiro atoms. The van der Waals surface area contributed by atoms with E-state index in [0.29, 0.717) is 17.2 Å². The smallest absolute Gasteiger partial charge is 0.204 e. The lowest BCUT2D eigenvalue weighted by molar-refractivity contribution is 0.318. The van der Waals surface area contributed by atoms with E-state index < -0.39 is 0 Å². The van der Waals surface area contributed by atoms with E-state index in [1.807, 2.05) is 6.07 Å². The van der Waals surface area contributed by atoms with Gasteiger partial charge in [-0.15, -0.1) is 0 Å². The number of benzene rings is 2. The lowest BCUT2D eigenvalue weighted by atomic mass is 9.76. The molecule has 0 bridgehead atoms. The minimum atomic E-state index is 0.141. The van der Waals surface area contributed by atoms with Crippen molar-refractivity contribution >= 4 is 0 Å². The third-order valence-electron chi connectivity index (χ3n) is 5.33. The van der Waals surface area contributed by atoms with Crippen LogP contribution in [0, 0.1) is 0 Å². The van der Waals surface area contributed by atoms with E-state index in [1.165, 1.54) is 5.56 Å². The Hall–Kier alpha value is -2.60. The SMILES string of the molecule is COc1cc2c(cc1O)CC1NCCc3c(OC)c(OC)c(OC)c-2c31. The topological polar surface area (TPSA) is 69.2 Å². The van der Waals surface area contributed by atoms with Crippen LogP contribution in [0.15, 0.2) is 12.1 Å². The van der Waals surface area contributed by atoms with Crippen LogP contribution < -0.4 is 24.3 Å². The summed E-state index contributed by atoms with van der Waals surface area (Å²) in [6.07, 6.45) is 1.64. The van der Waals surface area contributed by atoms with Crippen LogP contribution in [-0.2, 0) is 12.8 Å². The lowest BCUT2D eigenvalue weighted by Crippen LogP contribution is -2.34. The second-order valence-electron chi connectivity index (χ2n) is 6.51. The summed E-state index contributed by atoms with van der Waals surface area (Å²) in [6.45, 7) is 0.862. The van der Waals surface area contributed by atoms with Crippen LogP contribution in [0.5, 0.6) is 28.7 Å². The fourth-order valence-corrected chi connectivity index (χ4v) is 4.29. The number of aromatic hydroxyl groups is 1. The molecule has 4 rings (SSSR count). The minimum absolute atomic E-state index is 0.141. The molecule has 0 saturated heterocycles. The molecule has 0 saturated carbocycles. The van der Waals surface area contributed by atoms with Crippen LogP contribution in [0.3, 0.4) is 0 Å². The van der Waals surface area contributed by atoms with Crippen molar-refractivity contribution in [3.05, 3.63) is 28.8 Å². The fourth-order valence-electron chi connectivity index (χ4n) is 4.29. The Morgan fingerprint density at radius 1 is 0.962 bits per heavy atom. The summed E-state index contributed by atoms with van der Waals surface area (Å²) in [4.78, 5) is 0. The van der Waals surface area contributed by atoms with Crippen molar-refractivity contribution in [3.63, 3.8) is 0 Å². The molecule has 1 atom stereocenters. The first-order valence-electron chi connectivity index (χ1n) is 8.62. The maximum absolute atomic E-state index is 10.2. The molecule has 0 aromatic heterocycles. The average Bonchev–Trinajstić information content (AvgIpc) is 2.66. The van der Waals surface area contributed by atoms with Gasteiger partial charge in [-0.25, -0.2) is 0 Å². The number of nitrogens with one attached hydrogen (secondary N) is 1. The van der Waals surface area contributed by atoms with Gasteiger partial charge in [-0.3, -0.25) is 0 Å². The summed E-state index contributed by atoms with van der Waals surface area (Å²) >= 11 is 0. The lowest BCUT2D eigenvalue weighted by Gasteiger charge is -2.36. The van der Waals surface area contributed by atoms with E-state index in [9.17, 15) is 5.11 Å². The van der Waals surface area contributed by atoms with Gasteiger partial charge >= 0.3 is 0 Å². The van der Waals surface area contributed by atoms with E-state index in [1.54, 1.807) is 34.5 Å². The molecule has 6 heteroatoms. The normalized spacial score (nSPS) is 17.2. The summed E-state index contributed by atoms with van der Waals surface area (Å²) in [5.41, 5.74) is 5.37. The molecule has 1 aliphatic heterocycles. The van der Waals surface area contributed by atoms with Crippen LogP contribution in [0.1, 0.15) is 22.7 Å². The van der Waals surface area contributed by atoms with Crippen molar-refractivity contribution in [2.24, 2.45) is 0 Å². The van der Waals surface area contributed by atoms with Gasteiger partial charge < -0.3 is 29.4 Å². The number of methoxy groups -OCH3 is 4. The number of phenolic OH excluding ortho intramolecular Hbond substituents is 1. The van der Waals surface area contributed by atoms with Crippen LogP contribution in [0.25, 0.3) is 11.1 Å². The van der Waals surface area contributed by atoms with E-state index in [-0.39, 0.29) is 11.8 Å². The van der Waals surface area contributed by atoms with Crippen LogP contribution in [0.2, 0.25) is 0 Å². The summed E-state index contributed by atoms with van der Waals surface area (Å²) < 4.78 is 22.5. The number of fused-ring (bicyclic) bond motifs is 2. The zero-order chi connectivity index (χ0) is 18.4. The third-order valence-corrected chi connectivity index (χ3v) is 5.33. The van der Waals surface area contributed by atoms with Gasteiger partial charge in [0.1, 0.15) is 0 Å². The predicted octanol–water partition coefficient (Wildman–Crippen LogP) is 2.84. The third kappa shape index (κ3) is 2.22. The molecule has 2 N–H and O–H groups in total. The van der Waals surface area contributed by atoms with Crippen molar-refractivity contribution in [1.29, 1.82) is 0 Å². The molecule has 2 aliphatic rings. The first-order valence-corrected chi connectivity index (χ1v) is 8.62. The van der Waals surface area contributed by atoms with Gasteiger partial charge in [-0.2, -0.15) is 0 Å². The van der Waals surface area contributed by atoms with Crippen molar-refractivity contribution < 1.29 is 24.1 Å². The Bertz CT molecular complexity index is 877. The quantitative estimate of drug-likeness (QED) is 0.877. The summed E-state index contributed by atoms with van der Waals surface area (Å²) in [7, 11) is 6.47. The largest absolute Gasteiger partial charge is 0.504 e. The Labute approximate surface area is 152 Å². The van der Waals surface area contributed by atoms with Gasteiger partial charge in [-0.05, 0) is 48.2 Å². The second kappa shape index (κ2) is 6.29. The van der Waals surface area contributed by atoms with Gasteiger partial charge in [0.15, 0.2) is 23.0 Å². The predicted molar refractivity (Wildman–Crippen MR) is 97.9 cm³/mol. The highest BCUT2D eigenvalue weighted by molar-refractivity contribution is 5.87. The molecule has 1 unspecified atom stereocenters. The number of hydrogen-bond donors (Lipinski definition) is 2. The summed E-state index contributed by atoms with van der Waals surface area (Å²) in [5, 5.41) is 13.8. The number of hydrogen-bond acceptors (Lipinski definition) is 6. The van der Waals surface area contributed by atoms with E-state index in [0.717, 1.165) is 47.4 Å². The molecule has 6 nitrogen and oxygen atoms in total. The molecule has 0 amide bonds. The van der Waals surface area contributed by atoms with Gasteiger partial charge in [0.25, 0.3) is 0 Å². The first-order chi connectivity index (χ1) is 12.6. The van der Waals surface area contributed by atoms with Gasteiger partial charge in [0.2, 0.25) is 5.75 Å². The maximum Gasteiger partial charge on any atom is 0.204 e. The Kier molecular flexibility index (Phi) is 4.07. The van der Waals surface area contributed by atoms with E-state index in [2.05, 4.69) is 5.32 Å². The van der Waals surface area contributed by atoms with Crippen molar-refractivity contribution in [2.45, 2.75) is 18.9 Å². The maximum atomic E-state index is 10.2. The van der Waals surface area contributed by atoms with Gasteiger partial charge in [0.05, 0.1) is 28.4 Å². The molecule has 1 heterocycles. The van der Waals surface area contributed by atoms with Crippen molar-refractivity contribution in [2.75, 3.05) is 35.0 Å². The molecular weight excluding hydrogens is 334 g/mol. The van der Waals surface area contributed by atoms with Crippen molar-refractivity contribution in [1.82, 2.24) is 5.32 Å². The summed E-state index contributed by atoms with van der Waals surface area (Å²) in [5.74, 6) is 2.57. The standard InChI is InChI=1S/C20H23NO5/c1-23-15-9-12-10(8-14(15)22)7-13-16-11(5-6-21-13)18(24-2)20(26-4)19(25-3)17(12)16/h8-9,13,21-22H,5-7H2,1-4H3.